The summed E-state index contributed by atoms with van der Waals surface area (Å²) in [5.41, 5.74) is 2.41. The van der Waals surface area contributed by atoms with Gasteiger partial charge in [0, 0.05) is 10.2 Å². The molecule has 2 rings (SSSR count). The summed E-state index contributed by atoms with van der Waals surface area (Å²) in [5.74, 6) is 1.97. The average molecular weight is 406 g/mol. The molecule has 2 aromatic rings. The third-order valence-corrected chi connectivity index (χ3v) is 5.19. The minimum absolute atomic E-state index is 0.0898. The Balaban J connectivity index is 1.85. The molecule has 4 heteroatoms. The zero-order valence-corrected chi connectivity index (χ0v) is 16.6. The number of carbonyl (C=O) groups excluding carboxylic acids is 1. The lowest BCUT2D eigenvalue weighted by molar-refractivity contribution is -0.119. The molecule has 0 radical (unpaired) electrons. The van der Waals surface area contributed by atoms with Crippen molar-refractivity contribution in [2.24, 2.45) is 5.92 Å². The van der Waals surface area contributed by atoms with Gasteiger partial charge in [-0.05, 0) is 35.6 Å². The Morgan fingerprint density at radius 3 is 2.38 bits per heavy atom. The van der Waals surface area contributed by atoms with Gasteiger partial charge in [0.15, 0.2) is 0 Å². The van der Waals surface area contributed by atoms with Gasteiger partial charge in [0.05, 0.1) is 11.8 Å². The van der Waals surface area contributed by atoms with Crippen molar-refractivity contribution in [3.63, 3.8) is 0 Å². The van der Waals surface area contributed by atoms with Gasteiger partial charge in [-0.15, -0.1) is 11.8 Å². The first kappa shape index (κ1) is 19.1. The lowest BCUT2D eigenvalue weighted by atomic mass is 9.97. The second-order valence-electron chi connectivity index (χ2n) is 6.28. The Bertz CT molecular complexity index is 628. The van der Waals surface area contributed by atoms with E-state index in [1.54, 1.807) is 11.8 Å². The lowest BCUT2D eigenvalue weighted by Gasteiger charge is -2.21. The van der Waals surface area contributed by atoms with Gasteiger partial charge in [0.1, 0.15) is 0 Å². The summed E-state index contributed by atoms with van der Waals surface area (Å²) in [7, 11) is 0. The van der Waals surface area contributed by atoms with E-state index in [2.05, 4.69) is 59.4 Å². The van der Waals surface area contributed by atoms with Crippen LogP contribution in [0.1, 0.15) is 37.4 Å². The zero-order valence-electron chi connectivity index (χ0n) is 14.2. The van der Waals surface area contributed by atoms with Crippen molar-refractivity contribution >= 4 is 33.6 Å². The maximum Gasteiger partial charge on any atom is 0.230 e. The Morgan fingerprint density at radius 1 is 1.08 bits per heavy atom. The highest BCUT2D eigenvalue weighted by Gasteiger charge is 2.15. The van der Waals surface area contributed by atoms with Crippen molar-refractivity contribution < 1.29 is 4.79 Å². The second kappa shape index (κ2) is 9.90. The van der Waals surface area contributed by atoms with Gasteiger partial charge in [0.2, 0.25) is 5.91 Å². The molecule has 24 heavy (non-hydrogen) atoms. The molecule has 1 atom stereocenters. The normalized spacial score (nSPS) is 12.2. The van der Waals surface area contributed by atoms with Crippen LogP contribution in [0.25, 0.3) is 0 Å². The van der Waals surface area contributed by atoms with E-state index in [-0.39, 0.29) is 11.9 Å². The number of nitrogens with one attached hydrogen (secondary N) is 1. The van der Waals surface area contributed by atoms with E-state index >= 15 is 0 Å². The SMILES string of the molecule is CC(C)C[C@@H](NC(=O)CSCc1ccc(Br)cc1)c1ccccc1. The fourth-order valence-corrected chi connectivity index (χ4v) is 3.58. The summed E-state index contributed by atoms with van der Waals surface area (Å²) >= 11 is 5.08. The smallest absolute Gasteiger partial charge is 0.230 e. The van der Waals surface area contributed by atoms with Crippen molar-refractivity contribution in [2.75, 3.05) is 5.75 Å². The molecule has 0 fully saturated rings. The summed E-state index contributed by atoms with van der Waals surface area (Å²) in [6.45, 7) is 4.37. The second-order valence-corrected chi connectivity index (χ2v) is 8.18. The van der Waals surface area contributed by atoms with Crippen molar-refractivity contribution in [3.8, 4) is 0 Å². The van der Waals surface area contributed by atoms with Gasteiger partial charge in [-0.1, -0.05) is 72.2 Å². The number of carbonyl (C=O) groups is 1. The van der Waals surface area contributed by atoms with Crippen LogP contribution < -0.4 is 5.32 Å². The number of thioether (sulfide) groups is 1. The first-order chi connectivity index (χ1) is 11.5. The highest BCUT2D eigenvalue weighted by Crippen LogP contribution is 2.22. The largest absolute Gasteiger partial charge is 0.349 e. The summed E-state index contributed by atoms with van der Waals surface area (Å²) in [6, 6.07) is 18.5. The monoisotopic (exact) mass is 405 g/mol. The zero-order chi connectivity index (χ0) is 17.4. The van der Waals surface area contributed by atoms with E-state index in [0.717, 1.165) is 16.6 Å². The topological polar surface area (TPSA) is 29.1 Å². The Hall–Kier alpha value is -1.26. The molecule has 0 unspecified atom stereocenters. The third-order valence-electron chi connectivity index (χ3n) is 3.66. The Morgan fingerprint density at radius 2 is 1.75 bits per heavy atom. The predicted molar refractivity (Wildman–Crippen MR) is 107 cm³/mol. The molecule has 0 aliphatic rings. The van der Waals surface area contributed by atoms with E-state index < -0.39 is 0 Å². The molecule has 2 nitrogen and oxygen atoms in total. The van der Waals surface area contributed by atoms with E-state index in [1.807, 2.05) is 30.3 Å². The Kier molecular flexibility index (Phi) is 7.86. The van der Waals surface area contributed by atoms with Gasteiger partial charge in [0.25, 0.3) is 0 Å². The van der Waals surface area contributed by atoms with Gasteiger partial charge in [-0.3, -0.25) is 4.79 Å². The fourth-order valence-electron chi connectivity index (χ4n) is 2.51. The first-order valence-electron chi connectivity index (χ1n) is 8.21. The van der Waals surface area contributed by atoms with E-state index in [9.17, 15) is 4.79 Å². The van der Waals surface area contributed by atoms with Crippen LogP contribution in [0, 0.1) is 5.92 Å². The van der Waals surface area contributed by atoms with Crippen LogP contribution in [0.15, 0.2) is 59.1 Å². The van der Waals surface area contributed by atoms with Crippen LogP contribution in [-0.2, 0) is 10.5 Å². The van der Waals surface area contributed by atoms with Crippen molar-refractivity contribution in [1.82, 2.24) is 5.32 Å². The van der Waals surface area contributed by atoms with Crippen LogP contribution in [0.5, 0.6) is 0 Å². The van der Waals surface area contributed by atoms with Gasteiger partial charge < -0.3 is 5.32 Å². The number of amides is 1. The highest BCUT2D eigenvalue weighted by molar-refractivity contribution is 9.10. The lowest BCUT2D eigenvalue weighted by Crippen LogP contribution is -2.30. The van der Waals surface area contributed by atoms with E-state index in [4.69, 9.17) is 0 Å². The summed E-state index contributed by atoms with van der Waals surface area (Å²) in [5, 5.41) is 3.19. The molecule has 2 aromatic carbocycles. The van der Waals surface area contributed by atoms with Crippen molar-refractivity contribution in [2.45, 2.75) is 32.1 Å². The summed E-state index contributed by atoms with van der Waals surface area (Å²) in [6.07, 6.45) is 0.952. The van der Waals surface area contributed by atoms with Crippen LogP contribution in [0.2, 0.25) is 0 Å². The summed E-state index contributed by atoms with van der Waals surface area (Å²) in [4.78, 5) is 12.3. The third kappa shape index (κ3) is 6.70. The molecule has 0 bridgehead atoms. The van der Waals surface area contributed by atoms with Gasteiger partial charge in [-0.2, -0.15) is 0 Å². The molecule has 0 saturated heterocycles. The van der Waals surface area contributed by atoms with Gasteiger partial charge >= 0.3 is 0 Å². The number of halogens is 1. The molecule has 1 amide bonds. The standard InChI is InChI=1S/C20H24BrNOS/c1-15(2)12-19(17-6-4-3-5-7-17)22-20(23)14-24-13-16-8-10-18(21)11-9-16/h3-11,15,19H,12-14H2,1-2H3,(H,22,23)/t19-/m1/s1. The molecule has 128 valence electrons. The molecule has 0 heterocycles. The first-order valence-corrected chi connectivity index (χ1v) is 10.2. The quantitative estimate of drug-likeness (QED) is 0.620. The van der Waals surface area contributed by atoms with Gasteiger partial charge in [-0.25, -0.2) is 0 Å². The molecule has 0 aromatic heterocycles. The Labute approximate surface area is 157 Å². The predicted octanol–water partition coefficient (Wildman–Crippen LogP) is 5.59. The molecule has 0 saturated carbocycles. The average Bonchev–Trinajstić information content (AvgIpc) is 2.56. The number of hydrogen-bond acceptors (Lipinski definition) is 2. The highest BCUT2D eigenvalue weighted by atomic mass is 79.9. The van der Waals surface area contributed by atoms with Crippen molar-refractivity contribution in [3.05, 3.63) is 70.2 Å². The maximum absolute atomic E-state index is 12.3. The number of benzene rings is 2. The van der Waals surface area contributed by atoms with Crippen LogP contribution in [-0.4, -0.2) is 11.7 Å². The molecular weight excluding hydrogens is 382 g/mol. The van der Waals surface area contributed by atoms with Crippen LogP contribution >= 0.6 is 27.7 Å². The number of hydrogen-bond donors (Lipinski definition) is 1. The minimum atomic E-state index is 0.0898. The van der Waals surface area contributed by atoms with Crippen LogP contribution in [0.3, 0.4) is 0 Å². The molecule has 0 spiro atoms. The van der Waals surface area contributed by atoms with Crippen molar-refractivity contribution in [1.29, 1.82) is 0 Å². The minimum Gasteiger partial charge on any atom is -0.349 e. The molecular formula is C20H24BrNOS. The maximum atomic E-state index is 12.3. The summed E-state index contributed by atoms with van der Waals surface area (Å²) < 4.78 is 1.08. The van der Waals surface area contributed by atoms with Crippen LogP contribution in [0.4, 0.5) is 0 Å². The van der Waals surface area contributed by atoms with E-state index in [0.29, 0.717) is 11.7 Å². The molecule has 0 aliphatic heterocycles. The van der Waals surface area contributed by atoms with E-state index in [1.165, 1.54) is 11.1 Å². The molecule has 1 N–H and O–H groups in total. The number of rotatable bonds is 8. The fraction of sp³-hybridized carbons (Fsp3) is 0.350. The molecule has 0 aliphatic carbocycles.